The summed E-state index contributed by atoms with van der Waals surface area (Å²) >= 11 is 0. The SMILES string of the molecule is Cc1cccc(COc2cc(N(C)C)ccc2C=C2C(=O)NN(c3ccccc3)C2=O)c1. The molecule has 0 radical (unpaired) electrons. The molecule has 4 rings (SSSR count). The summed E-state index contributed by atoms with van der Waals surface area (Å²) in [5, 5.41) is 1.26. The van der Waals surface area contributed by atoms with Crippen molar-refractivity contribution < 1.29 is 14.3 Å². The quantitative estimate of drug-likeness (QED) is 0.475. The standard InChI is InChI=1S/C26H25N3O3/c1-18-8-7-9-19(14-18)17-32-24-16-22(28(2)3)13-12-20(24)15-23-25(30)27-29(26(23)31)21-10-5-4-6-11-21/h4-16H,17H2,1-3H3,(H,27,30). The van der Waals surface area contributed by atoms with E-state index in [0.717, 1.165) is 16.8 Å². The number of amides is 2. The zero-order valence-electron chi connectivity index (χ0n) is 18.3. The second kappa shape index (κ2) is 8.98. The number of carbonyl (C=O) groups is 2. The smallest absolute Gasteiger partial charge is 0.282 e. The van der Waals surface area contributed by atoms with E-state index in [-0.39, 0.29) is 5.57 Å². The number of para-hydroxylation sites is 1. The van der Waals surface area contributed by atoms with Gasteiger partial charge in [-0.2, -0.15) is 0 Å². The molecule has 0 aromatic heterocycles. The first-order valence-corrected chi connectivity index (χ1v) is 10.3. The van der Waals surface area contributed by atoms with Crippen molar-refractivity contribution in [2.45, 2.75) is 13.5 Å². The molecule has 0 unspecified atom stereocenters. The predicted octanol–water partition coefficient (Wildman–Crippen LogP) is 4.10. The van der Waals surface area contributed by atoms with Crippen LogP contribution in [0.1, 0.15) is 16.7 Å². The van der Waals surface area contributed by atoms with Crippen molar-refractivity contribution in [1.82, 2.24) is 5.43 Å². The van der Waals surface area contributed by atoms with E-state index in [1.165, 1.54) is 5.01 Å². The molecular formula is C26H25N3O3. The molecular weight excluding hydrogens is 402 g/mol. The number of ether oxygens (including phenoxy) is 1. The van der Waals surface area contributed by atoms with Crippen LogP contribution in [0.4, 0.5) is 11.4 Å². The highest BCUT2D eigenvalue weighted by Gasteiger charge is 2.34. The monoisotopic (exact) mass is 427 g/mol. The van der Waals surface area contributed by atoms with Crippen molar-refractivity contribution in [2.75, 3.05) is 24.0 Å². The molecule has 6 heteroatoms. The summed E-state index contributed by atoms with van der Waals surface area (Å²) in [4.78, 5) is 27.5. The average molecular weight is 428 g/mol. The number of nitrogens with one attached hydrogen (secondary N) is 1. The maximum absolute atomic E-state index is 12.9. The van der Waals surface area contributed by atoms with Crippen LogP contribution in [-0.4, -0.2) is 25.9 Å². The lowest BCUT2D eigenvalue weighted by molar-refractivity contribution is -0.117. The Hall–Kier alpha value is -4.06. The zero-order chi connectivity index (χ0) is 22.7. The Morgan fingerprint density at radius 2 is 1.75 bits per heavy atom. The summed E-state index contributed by atoms with van der Waals surface area (Å²) in [6, 6.07) is 22.8. The number of hydrogen-bond donors (Lipinski definition) is 1. The van der Waals surface area contributed by atoms with Crippen molar-refractivity contribution in [3.8, 4) is 5.75 Å². The van der Waals surface area contributed by atoms with Crippen LogP contribution in [0.3, 0.4) is 0 Å². The van der Waals surface area contributed by atoms with Gasteiger partial charge in [0.25, 0.3) is 11.8 Å². The van der Waals surface area contributed by atoms with Gasteiger partial charge in [0.05, 0.1) is 5.69 Å². The minimum atomic E-state index is -0.444. The van der Waals surface area contributed by atoms with Gasteiger partial charge < -0.3 is 9.64 Å². The molecule has 1 aliphatic heterocycles. The Morgan fingerprint density at radius 3 is 2.47 bits per heavy atom. The molecule has 1 saturated heterocycles. The first kappa shape index (κ1) is 21.2. The first-order chi connectivity index (χ1) is 15.4. The molecule has 1 N–H and O–H groups in total. The Kier molecular flexibility index (Phi) is 5.94. The minimum absolute atomic E-state index is 0.0619. The summed E-state index contributed by atoms with van der Waals surface area (Å²) in [5.41, 5.74) is 7.12. The Bertz CT molecular complexity index is 1190. The van der Waals surface area contributed by atoms with Crippen LogP contribution in [0.2, 0.25) is 0 Å². The number of hydrogen-bond acceptors (Lipinski definition) is 4. The third-order valence-corrected chi connectivity index (χ3v) is 5.20. The highest BCUT2D eigenvalue weighted by Crippen LogP contribution is 2.29. The lowest BCUT2D eigenvalue weighted by Crippen LogP contribution is -2.35. The van der Waals surface area contributed by atoms with Gasteiger partial charge in [-0.3, -0.25) is 15.0 Å². The molecule has 0 saturated carbocycles. The lowest BCUT2D eigenvalue weighted by Gasteiger charge is -2.16. The normalized spacial score (nSPS) is 14.6. The summed E-state index contributed by atoms with van der Waals surface area (Å²) < 4.78 is 6.13. The highest BCUT2D eigenvalue weighted by molar-refractivity contribution is 6.31. The van der Waals surface area contributed by atoms with Gasteiger partial charge in [-0.05, 0) is 42.8 Å². The van der Waals surface area contributed by atoms with Gasteiger partial charge in [-0.25, -0.2) is 5.01 Å². The zero-order valence-corrected chi connectivity index (χ0v) is 18.3. The summed E-state index contributed by atoms with van der Waals surface area (Å²) in [6.07, 6.45) is 1.59. The number of nitrogens with zero attached hydrogens (tertiary/aromatic N) is 2. The van der Waals surface area contributed by atoms with Crippen molar-refractivity contribution >= 4 is 29.3 Å². The van der Waals surface area contributed by atoms with Crippen LogP contribution in [0.5, 0.6) is 5.75 Å². The van der Waals surface area contributed by atoms with E-state index in [0.29, 0.717) is 23.6 Å². The maximum atomic E-state index is 12.9. The molecule has 0 spiro atoms. The third kappa shape index (κ3) is 4.49. The molecule has 3 aromatic carbocycles. The van der Waals surface area contributed by atoms with Gasteiger partial charge in [0.15, 0.2) is 0 Å². The molecule has 162 valence electrons. The van der Waals surface area contributed by atoms with Crippen molar-refractivity contribution in [2.24, 2.45) is 0 Å². The van der Waals surface area contributed by atoms with E-state index in [2.05, 4.69) is 11.5 Å². The van der Waals surface area contributed by atoms with E-state index in [1.54, 1.807) is 18.2 Å². The first-order valence-electron chi connectivity index (χ1n) is 10.3. The van der Waals surface area contributed by atoms with E-state index in [1.807, 2.05) is 80.5 Å². The van der Waals surface area contributed by atoms with E-state index >= 15 is 0 Å². The fraction of sp³-hybridized carbons (Fsp3) is 0.154. The molecule has 3 aromatic rings. The predicted molar refractivity (Wildman–Crippen MR) is 126 cm³/mol. The molecule has 0 atom stereocenters. The number of carbonyl (C=O) groups excluding carboxylic acids is 2. The number of hydrazine groups is 1. The Balaban J connectivity index is 1.65. The van der Waals surface area contributed by atoms with Crippen LogP contribution in [0.15, 0.2) is 78.4 Å². The van der Waals surface area contributed by atoms with E-state index < -0.39 is 11.8 Å². The molecule has 2 amide bonds. The van der Waals surface area contributed by atoms with Crippen molar-refractivity contribution in [3.05, 3.63) is 95.1 Å². The second-order valence-corrected chi connectivity index (χ2v) is 7.87. The molecule has 6 nitrogen and oxygen atoms in total. The fourth-order valence-electron chi connectivity index (χ4n) is 3.48. The third-order valence-electron chi connectivity index (χ3n) is 5.20. The number of rotatable bonds is 6. The molecule has 1 aliphatic rings. The molecule has 0 aliphatic carbocycles. The average Bonchev–Trinajstić information content (AvgIpc) is 3.07. The van der Waals surface area contributed by atoms with Crippen molar-refractivity contribution in [3.63, 3.8) is 0 Å². The van der Waals surface area contributed by atoms with E-state index in [9.17, 15) is 9.59 Å². The topological polar surface area (TPSA) is 61.9 Å². The van der Waals surface area contributed by atoms with Gasteiger partial charge in [-0.1, -0.05) is 48.0 Å². The van der Waals surface area contributed by atoms with Crippen LogP contribution in [-0.2, 0) is 16.2 Å². The van der Waals surface area contributed by atoms with Crippen LogP contribution < -0.4 is 20.1 Å². The number of benzene rings is 3. The molecule has 1 fully saturated rings. The van der Waals surface area contributed by atoms with Gasteiger partial charge >= 0.3 is 0 Å². The van der Waals surface area contributed by atoms with Crippen molar-refractivity contribution in [1.29, 1.82) is 0 Å². The van der Waals surface area contributed by atoms with E-state index in [4.69, 9.17) is 4.74 Å². The Labute approximate surface area is 187 Å². The summed E-state index contributed by atoms with van der Waals surface area (Å²) in [7, 11) is 3.90. The van der Waals surface area contributed by atoms with Gasteiger partial charge in [0, 0.05) is 31.4 Å². The number of aryl methyl sites for hydroxylation is 1. The largest absolute Gasteiger partial charge is 0.488 e. The second-order valence-electron chi connectivity index (χ2n) is 7.87. The number of anilines is 2. The molecule has 32 heavy (non-hydrogen) atoms. The molecule has 1 heterocycles. The Morgan fingerprint density at radius 1 is 0.969 bits per heavy atom. The minimum Gasteiger partial charge on any atom is -0.488 e. The summed E-state index contributed by atoms with van der Waals surface area (Å²) in [5.74, 6) is -0.244. The van der Waals surface area contributed by atoms with Gasteiger partial charge in [0.2, 0.25) is 0 Å². The summed E-state index contributed by atoms with van der Waals surface area (Å²) in [6.45, 7) is 2.42. The van der Waals surface area contributed by atoms with Crippen LogP contribution in [0.25, 0.3) is 6.08 Å². The fourth-order valence-corrected chi connectivity index (χ4v) is 3.48. The van der Waals surface area contributed by atoms with Crippen LogP contribution >= 0.6 is 0 Å². The van der Waals surface area contributed by atoms with Crippen LogP contribution in [0, 0.1) is 6.92 Å². The maximum Gasteiger partial charge on any atom is 0.282 e. The molecule has 0 bridgehead atoms. The highest BCUT2D eigenvalue weighted by atomic mass is 16.5. The van der Waals surface area contributed by atoms with Gasteiger partial charge in [-0.15, -0.1) is 0 Å². The van der Waals surface area contributed by atoms with Gasteiger partial charge in [0.1, 0.15) is 17.9 Å². The lowest BCUT2D eigenvalue weighted by atomic mass is 10.1.